The second kappa shape index (κ2) is 9.30. The van der Waals surface area contributed by atoms with Crippen molar-refractivity contribution < 1.29 is 14.0 Å². The third-order valence-electron chi connectivity index (χ3n) is 6.41. The summed E-state index contributed by atoms with van der Waals surface area (Å²) >= 11 is 4.52. The predicted octanol–water partition coefficient (Wildman–Crippen LogP) is 4.10. The number of aromatic nitrogens is 1. The number of para-hydroxylation sites is 1. The minimum atomic E-state index is -0.878. The molecule has 1 aromatic heterocycles. The summed E-state index contributed by atoms with van der Waals surface area (Å²) in [6.07, 6.45) is 0. The van der Waals surface area contributed by atoms with Gasteiger partial charge >= 0.3 is 0 Å². The topological polar surface area (TPSA) is 92.6 Å². The number of benzene rings is 3. The van der Waals surface area contributed by atoms with E-state index in [1.807, 2.05) is 6.07 Å². The molecule has 188 valence electrons. The summed E-state index contributed by atoms with van der Waals surface area (Å²) in [4.78, 5) is 45.5. The van der Waals surface area contributed by atoms with Gasteiger partial charge in [0.1, 0.15) is 10.3 Å². The van der Waals surface area contributed by atoms with Crippen molar-refractivity contribution in [3.8, 4) is 0 Å². The summed E-state index contributed by atoms with van der Waals surface area (Å²) in [7, 11) is 0. The van der Waals surface area contributed by atoms with Crippen LogP contribution in [0.2, 0.25) is 0 Å². The Labute approximate surface area is 227 Å². The van der Waals surface area contributed by atoms with Crippen LogP contribution in [0.15, 0.2) is 98.3 Å². The van der Waals surface area contributed by atoms with Crippen molar-refractivity contribution in [1.82, 2.24) is 4.57 Å². The maximum absolute atomic E-state index is 14.0. The van der Waals surface area contributed by atoms with Crippen molar-refractivity contribution in [3.63, 3.8) is 0 Å². The molecular formula is C28H18BrFN4O3S. The lowest BCUT2D eigenvalue weighted by atomic mass is 9.95. The van der Waals surface area contributed by atoms with E-state index in [4.69, 9.17) is 0 Å². The molecule has 7 nitrogen and oxygen atoms in total. The number of amides is 2. The second-order valence-electron chi connectivity index (χ2n) is 8.79. The quantitative estimate of drug-likeness (QED) is 0.377. The van der Waals surface area contributed by atoms with Crippen LogP contribution in [0.4, 0.5) is 15.8 Å². The largest absolute Gasteiger partial charge is 0.322 e. The van der Waals surface area contributed by atoms with E-state index >= 15 is 0 Å². The number of nitrogens with one attached hydrogen (secondary N) is 2. The lowest BCUT2D eigenvalue weighted by Crippen LogP contribution is -2.41. The van der Waals surface area contributed by atoms with Crippen LogP contribution in [0.25, 0.3) is 5.57 Å². The van der Waals surface area contributed by atoms with Crippen LogP contribution in [-0.2, 0) is 9.59 Å². The standard InChI is InChI=1S/C28H18BrFN4O3S/c1-14-21(25(35)32-18-5-3-2-4-6-18)23(15-7-10-17(30)11-8-15)34-27(37)24(38-28(34)31-14)22-19-13-16(29)9-12-20(19)33-26(22)36/h2-13,23H,1H3,(H,32,35)(H,33,36)/b24-22-/t23-/m1/s1. The minimum Gasteiger partial charge on any atom is -0.322 e. The van der Waals surface area contributed by atoms with E-state index in [0.717, 1.165) is 15.8 Å². The molecular weight excluding hydrogens is 571 g/mol. The zero-order chi connectivity index (χ0) is 26.6. The van der Waals surface area contributed by atoms with E-state index in [9.17, 15) is 18.8 Å². The fourth-order valence-electron chi connectivity index (χ4n) is 4.71. The molecule has 0 spiro atoms. The number of hydrogen-bond donors (Lipinski definition) is 2. The molecule has 0 fully saturated rings. The van der Waals surface area contributed by atoms with Crippen molar-refractivity contribution in [1.29, 1.82) is 0 Å². The van der Waals surface area contributed by atoms with Gasteiger partial charge in [0.2, 0.25) is 0 Å². The van der Waals surface area contributed by atoms with Gasteiger partial charge in [0.05, 0.1) is 22.9 Å². The van der Waals surface area contributed by atoms with Crippen LogP contribution in [0, 0.1) is 5.82 Å². The molecule has 38 heavy (non-hydrogen) atoms. The lowest BCUT2D eigenvalue weighted by Gasteiger charge is -2.25. The zero-order valence-corrected chi connectivity index (χ0v) is 22.2. The predicted molar refractivity (Wildman–Crippen MR) is 147 cm³/mol. The van der Waals surface area contributed by atoms with Crippen LogP contribution in [0.5, 0.6) is 0 Å². The maximum Gasteiger partial charge on any atom is 0.271 e. The number of allylic oxidation sites excluding steroid dienone is 1. The summed E-state index contributed by atoms with van der Waals surface area (Å²) in [5.41, 5.74) is 2.79. The normalized spacial score (nSPS) is 17.4. The number of thiazole rings is 1. The van der Waals surface area contributed by atoms with Gasteiger partial charge < -0.3 is 10.6 Å². The number of halogens is 2. The fourth-order valence-corrected chi connectivity index (χ4v) is 6.21. The molecule has 6 rings (SSSR count). The summed E-state index contributed by atoms with van der Waals surface area (Å²) < 4.78 is 16.2. The van der Waals surface area contributed by atoms with Gasteiger partial charge in [-0.3, -0.25) is 19.0 Å². The Kier molecular flexibility index (Phi) is 5.93. The van der Waals surface area contributed by atoms with E-state index in [1.165, 1.54) is 16.7 Å². The van der Waals surface area contributed by atoms with E-state index < -0.39 is 23.3 Å². The second-order valence-corrected chi connectivity index (χ2v) is 10.7. The third-order valence-corrected chi connectivity index (χ3v) is 7.96. The smallest absolute Gasteiger partial charge is 0.271 e. The first-order valence-electron chi connectivity index (χ1n) is 11.6. The highest BCUT2D eigenvalue weighted by Crippen LogP contribution is 2.33. The number of hydrogen-bond acceptors (Lipinski definition) is 5. The van der Waals surface area contributed by atoms with Gasteiger partial charge in [-0.15, -0.1) is 0 Å². The average Bonchev–Trinajstić information content (AvgIpc) is 3.38. The molecule has 0 saturated carbocycles. The molecule has 10 heteroatoms. The number of nitrogens with zero attached hydrogens (tertiary/aromatic N) is 2. The van der Waals surface area contributed by atoms with Gasteiger partial charge in [0.25, 0.3) is 17.4 Å². The summed E-state index contributed by atoms with van der Waals surface area (Å²) in [5.74, 6) is -1.26. The summed E-state index contributed by atoms with van der Waals surface area (Å²) in [5, 5.41) is 5.68. The molecule has 0 radical (unpaired) electrons. The maximum atomic E-state index is 14.0. The SMILES string of the molecule is CC1=C(C(=O)Nc2ccccc2)[C@@H](c2ccc(F)cc2)n2c(s/c(=C3\C(=O)Nc4ccc(Br)cc43)c2=O)=N1. The third kappa shape index (κ3) is 4.02. The van der Waals surface area contributed by atoms with E-state index in [2.05, 4.69) is 31.6 Å². The number of carbonyl (C=O) groups is 2. The van der Waals surface area contributed by atoms with Crippen molar-refractivity contribution in [3.05, 3.63) is 125 Å². The van der Waals surface area contributed by atoms with Crippen LogP contribution in [0.3, 0.4) is 0 Å². The first-order valence-corrected chi connectivity index (χ1v) is 13.2. The van der Waals surface area contributed by atoms with Crippen LogP contribution >= 0.6 is 27.3 Å². The highest BCUT2D eigenvalue weighted by molar-refractivity contribution is 9.10. The molecule has 2 amide bonds. The fraction of sp³-hybridized carbons (Fsp3) is 0.0714. The highest BCUT2D eigenvalue weighted by Gasteiger charge is 2.34. The Morgan fingerprint density at radius 1 is 1.08 bits per heavy atom. The molecule has 2 N–H and O–H groups in total. The number of anilines is 2. The van der Waals surface area contributed by atoms with Gasteiger partial charge in [-0.1, -0.05) is 57.6 Å². The van der Waals surface area contributed by atoms with Gasteiger partial charge in [0.15, 0.2) is 4.80 Å². The average molecular weight is 589 g/mol. The Morgan fingerprint density at radius 3 is 2.55 bits per heavy atom. The van der Waals surface area contributed by atoms with E-state index in [1.54, 1.807) is 61.5 Å². The minimum absolute atomic E-state index is 0.211. The van der Waals surface area contributed by atoms with Crippen molar-refractivity contribution in [2.45, 2.75) is 13.0 Å². The van der Waals surface area contributed by atoms with Crippen LogP contribution < -0.4 is 25.5 Å². The Hall–Kier alpha value is -4.15. The molecule has 0 aliphatic carbocycles. The Morgan fingerprint density at radius 2 is 1.82 bits per heavy atom. The van der Waals surface area contributed by atoms with Crippen LogP contribution in [0.1, 0.15) is 24.1 Å². The van der Waals surface area contributed by atoms with Gasteiger partial charge in [-0.2, -0.15) is 0 Å². The Bertz CT molecular complexity index is 1860. The molecule has 2 aliphatic heterocycles. The number of fused-ring (bicyclic) bond motifs is 2. The molecule has 1 atom stereocenters. The van der Waals surface area contributed by atoms with Gasteiger partial charge in [0, 0.05) is 21.4 Å². The molecule has 0 unspecified atom stereocenters. The number of rotatable bonds is 3. The zero-order valence-electron chi connectivity index (χ0n) is 19.8. The van der Waals surface area contributed by atoms with E-state index in [-0.39, 0.29) is 21.6 Å². The molecule has 3 heterocycles. The first kappa shape index (κ1) is 24.2. The van der Waals surface area contributed by atoms with Gasteiger partial charge in [-0.25, -0.2) is 9.38 Å². The summed E-state index contributed by atoms with van der Waals surface area (Å²) in [6, 6.07) is 19.1. The lowest BCUT2D eigenvalue weighted by molar-refractivity contribution is -0.113. The monoisotopic (exact) mass is 588 g/mol. The van der Waals surface area contributed by atoms with Crippen LogP contribution in [-0.4, -0.2) is 16.4 Å². The van der Waals surface area contributed by atoms with Gasteiger partial charge in [-0.05, 0) is 55.0 Å². The Balaban J connectivity index is 1.59. The highest BCUT2D eigenvalue weighted by atomic mass is 79.9. The molecule has 0 saturated heterocycles. The molecule has 0 bridgehead atoms. The molecule has 2 aliphatic rings. The molecule has 3 aromatic carbocycles. The van der Waals surface area contributed by atoms with Crippen molar-refractivity contribution in [2.24, 2.45) is 4.99 Å². The van der Waals surface area contributed by atoms with Crippen molar-refractivity contribution >= 4 is 56.0 Å². The molecule has 4 aromatic rings. The number of carbonyl (C=O) groups excluding carboxylic acids is 2. The summed E-state index contributed by atoms with van der Waals surface area (Å²) in [6.45, 7) is 1.70. The first-order chi connectivity index (χ1) is 18.3. The van der Waals surface area contributed by atoms with Crippen molar-refractivity contribution in [2.75, 3.05) is 10.6 Å². The van der Waals surface area contributed by atoms with E-state index in [0.29, 0.717) is 33.0 Å².